The number of rotatable bonds is 6. The molecule has 1 fully saturated rings. The number of nitrogens with two attached hydrogens (primary N) is 1. The summed E-state index contributed by atoms with van der Waals surface area (Å²) in [5, 5.41) is 9.09. The Hall–Kier alpha value is -3.15. The van der Waals surface area contributed by atoms with Crippen LogP contribution in [0, 0.1) is 5.92 Å². The number of hydrogen-bond acceptors (Lipinski definition) is 4. The molecule has 0 spiro atoms. The molecule has 1 heterocycles. The summed E-state index contributed by atoms with van der Waals surface area (Å²) >= 11 is 0. The lowest BCUT2D eigenvalue weighted by atomic mass is 10.0. The summed E-state index contributed by atoms with van der Waals surface area (Å²) in [6, 6.07) is 18.6. The molecule has 6 heteroatoms. The van der Waals surface area contributed by atoms with Crippen molar-refractivity contribution in [2.45, 2.75) is 31.3 Å². The molecule has 0 radical (unpaired) electrons. The maximum Gasteiger partial charge on any atom is 0.268 e. The standard InChI is InChI=1S/C21H22N4O2/c22-20(26)18-13-17(24-25(18)16-9-5-2-6-10-16)21(27)23-19(15-11-12-15)14-7-3-1-4-8-14/h1-10,15,18-19H,11-13H2,(H2,22,26)(H,23,27)/t18-,19+/m1/s1. The topological polar surface area (TPSA) is 87.8 Å². The Morgan fingerprint density at radius 3 is 2.26 bits per heavy atom. The van der Waals surface area contributed by atoms with E-state index in [1.165, 1.54) is 0 Å². The van der Waals surface area contributed by atoms with Gasteiger partial charge in [-0.3, -0.25) is 14.6 Å². The Morgan fingerprint density at radius 2 is 1.67 bits per heavy atom. The SMILES string of the molecule is NC(=O)[C@H]1CC(C(=O)N[C@@H](c2ccccc2)C2CC2)=NN1c1ccccc1. The predicted molar refractivity (Wildman–Crippen MR) is 104 cm³/mol. The first kappa shape index (κ1) is 17.3. The number of carbonyl (C=O) groups excluding carboxylic acids is 2. The molecule has 2 atom stereocenters. The van der Waals surface area contributed by atoms with E-state index in [0.717, 1.165) is 24.1 Å². The van der Waals surface area contributed by atoms with Crippen molar-refractivity contribution in [3.8, 4) is 0 Å². The van der Waals surface area contributed by atoms with Gasteiger partial charge >= 0.3 is 0 Å². The van der Waals surface area contributed by atoms with E-state index >= 15 is 0 Å². The van der Waals surface area contributed by atoms with Crippen LogP contribution in [0.2, 0.25) is 0 Å². The molecule has 1 saturated carbocycles. The third-order valence-electron chi connectivity index (χ3n) is 5.06. The van der Waals surface area contributed by atoms with Crippen LogP contribution < -0.4 is 16.1 Å². The number of nitrogens with one attached hydrogen (secondary N) is 1. The van der Waals surface area contributed by atoms with E-state index in [-0.39, 0.29) is 18.4 Å². The Labute approximate surface area is 158 Å². The van der Waals surface area contributed by atoms with Crippen molar-refractivity contribution in [2.75, 3.05) is 5.01 Å². The Bertz CT molecular complexity index is 862. The van der Waals surface area contributed by atoms with Crippen molar-refractivity contribution in [1.82, 2.24) is 5.32 Å². The lowest BCUT2D eigenvalue weighted by Crippen LogP contribution is -2.40. The van der Waals surface area contributed by atoms with E-state index in [4.69, 9.17) is 5.73 Å². The van der Waals surface area contributed by atoms with Gasteiger partial charge in [-0.05, 0) is 36.5 Å². The van der Waals surface area contributed by atoms with Crippen LogP contribution in [0.5, 0.6) is 0 Å². The molecule has 2 aromatic rings. The molecule has 138 valence electrons. The first-order valence-electron chi connectivity index (χ1n) is 9.20. The summed E-state index contributed by atoms with van der Waals surface area (Å²) < 4.78 is 0. The molecular weight excluding hydrogens is 340 g/mol. The van der Waals surface area contributed by atoms with Crippen LogP contribution in [0.1, 0.15) is 30.9 Å². The van der Waals surface area contributed by atoms with Crippen LogP contribution in [0.3, 0.4) is 0 Å². The summed E-state index contributed by atoms with van der Waals surface area (Å²) in [5.41, 5.74) is 7.73. The van der Waals surface area contributed by atoms with Crippen molar-refractivity contribution in [1.29, 1.82) is 0 Å². The van der Waals surface area contributed by atoms with E-state index in [1.54, 1.807) is 5.01 Å². The van der Waals surface area contributed by atoms with Gasteiger partial charge in [-0.1, -0.05) is 48.5 Å². The summed E-state index contributed by atoms with van der Waals surface area (Å²) in [7, 11) is 0. The Kier molecular flexibility index (Phi) is 4.62. The predicted octanol–water partition coefficient (Wildman–Crippen LogP) is 2.37. The highest BCUT2D eigenvalue weighted by molar-refractivity contribution is 6.40. The molecule has 3 N–H and O–H groups in total. The number of hydrazone groups is 1. The Balaban J connectivity index is 1.55. The van der Waals surface area contributed by atoms with Gasteiger partial charge in [0.2, 0.25) is 5.91 Å². The highest BCUT2D eigenvalue weighted by Crippen LogP contribution is 2.41. The van der Waals surface area contributed by atoms with E-state index in [1.807, 2.05) is 60.7 Å². The van der Waals surface area contributed by atoms with Crippen LogP contribution in [-0.2, 0) is 9.59 Å². The van der Waals surface area contributed by atoms with E-state index in [2.05, 4.69) is 10.4 Å². The van der Waals surface area contributed by atoms with Crippen LogP contribution >= 0.6 is 0 Å². The third-order valence-corrected chi connectivity index (χ3v) is 5.06. The van der Waals surface area contributed by atoms with Gasteiger partial charge in [-0.25, -0.2) is 0 Å². The zero-order chi connectivity index (χ0) is 18.8. The van der Waals surface area contributed by atoms with Gasteiger partial charge in [0.15, 0.2) is 0 Å². The zero-order valence-electron chi connectivity index (χ0n) is 14.9. The van der Waals surface area contributed by atoms with Crippen LogP contribution in [0.25, 0.3) is 0 Å². The van der Waals surface area contributed by atoms with E-state index in [9.17, 15) is 9.59 Å². The minimum absolute atomic E-state index is 0.0285. The van der Waals surface area contributed by atoms with Gasteiger partial charge in [-0.15, -0.1) is 0 Å². The Morgan fingerprint density at radius 1 is 1.04 bits per heavy atom. The maximum atomic E-state index is 12.9. The first-order valence-corrected chi connectivity index (χ1v) is 9.20. The second-order valence-electron chi connectivity index (χ2n) is 7.05. The molecule has 6 nitrogen and oxygen atoms in total. The van der Waals surface area contributed by atoms with Crippen molar-refractivity contribution in [3.63, 3.8) is 0 Å². The molecule has 0 unspecified atom stereocenters. The number of hydrogen-bond donors (Lipinski definition) is 2. The largest absolute Gasteiger partial charge is 0.368 e. The minimum Gasteiger partial charge on any atom is -0.368 e. The molecule has 2 aliphatic rings. The number of carbonyl (C=O) groups is 2. The average molecular weight is 362 g/mol. The molecule has 0 aromatic heterocycles. The summed E-state index contributed by atoms with van der Waals surface area (Å²) in [6.45, 7) is 0. The number of nitrogens with zero attached hydrogens (tertiary/aromatic N) is 2. The van der Waals surface area contributed by atoms with Crippen LogP contribution in [0.4, 0.5) is 5.69 Å². The number of primary amides is 1. The molecule has 2 aromatic carbocycles. The molecule has 2 amide bonds. The normalized spacial score (nSPS) is 20.1. The fraction of sp³-hybridized carbons (Fsp3) is 0.286. The van der Waals surface area contributed by atoms with Gasteiger partial charge in [0.1, 0.15) is 11.8 Å². The third kappa shape index (κ3) is 3.69. The molecule has 1 aliphatic heterocycles. The average Bonchev–Trinajstić information content (AvgIpc) is 3.43. The van der Waals surface area contributed by atoms with E-state index in [0.29, 0.717) is 11.6 Å². The van der Waals surface area contributed by atoms with Gasteiger partial charge in [-0.2, -0.15) is 5.10 Å². The smallest absolute Gasteiger partial charge is 0.268 e. The lowest BCUT2D eigenvalue weighted by Gasteiger charge is -2.20. The molecule has 0 saturated heterocycles. The minimum atomic E-state index is -0.649. The van der Waals surface area contributed by atoms with Crippen molar-refractivity contribution in [3.05, 3.63) is 66.2 Å². The number of benzene rings is 2. The lowest BCUT2D eigenvalue weighted by molar-refractivity contribution is -0.119. The van der Waals surface area contributed by atoms with Gasteiger partial charge in [0, 0.05) is 6.42 Å². The zero-order valence-corrected chi connectivity index (χ0v) is 14.9. The first-order chi connectivity index (χ1) is 13.1. The number of anilines is 1. The number of para-hydroxylation sites is 1. The number of amides is 2. The molecule has 1 aliphatic carbocycles. The summed E-state index contributed by atoms with van der Waals surface area (Å²) in [4.78, 5) is 24.8. The van der Waals surface area contributed by atoms with Crippen molar-refractivity contribution < 1.29 is 9.59 Å². The van der Waals surface area contributed by atoms with E-state index < -0.39 is 11.9 Å². The van der Waals surface area contributed by atoms with Crippen LogP contribution in [0.15, 0.2) is 65.8 Å². The highest BCUT2D eigenvalue weighted by Gasteiger charge is 2.38. The molecule has 0 bridgehead atoms. The molecule has 4 rings (SSSR count). The van der Waals surface area contributed by atoms with Gasteiger partial charge in [0.25, 0.3) is 5.91 Å². The van der Waals surface area contributed by atoms with Gasteiger partial charge in [0.05, 0.1) is 11.7 Å². The summed E-state index contributed by atoms with van der Waals surface area (Å²) in [6.07, 6.45) is 2.42. The van der Waals surface area contributed by atoms with Crippen molar-refractivity contribution in [2.24, 2.45) is 16.8 Å². The quantitative estimate of drug-likeness (QED) is 0.827. The monoisotopic (exact) mass is 362 g/mol. The second-order valence-corrected chi connectivity index (χ2v) is 7.05. The second kappa shape index (κ2) is 7.23. The van der Waals surface area contributed by atoms with Crippen LogP contribution in [-0.4, -0.2) is 23.6 Å². The summed E-state index contributed by atoms with van der Waals surface area (Å²) in [5.74, 6) is -0.275. The molecule has 27 heavy (non-hydrogen) atoms. The fourth-order valence-corrected chi connectivity index (χ4v) is 3.48. The fourth-order valence-electron chi connectivity index (χ4n) is 3.48. The maximum absolute atomic E-state index is 12.9. The molecular formula is C21H22N4O2. The van der Waals surface area contributed by atoms with Gasteiger partial charge < -0.3 is 11.1 Å². The highest BCUT2D eigenvalue weighted by atomic mass is 16.2. The van der Waals surface area contributed by atoms with Crippen molar-refractivity contribution >= 4 is 23.2 Å².